The number of esters is 1. The van der Waals surface area contributed by atoms with Crippen molar-refractivity contribution in [1.82, 2.24) is 15.6 Å². The molecule has 0 saturated heterocycles. The Labute approximate surface area is 179 Å². The maximum Gasteiger partial charge on any atom is 0.328 e. The molecule has 31 heavy (non-hydrogen) atoms. The largest absolute Gasteiger partial charge is 0.507 e. The number of aromatic amines is 1. The Morgan fingerprint density at radius 3 is 2.68 bits per heavy atom. The number of ether oxygens (including phenoxy) is 1. The number of phenols is 1. The van der Waals surface area contributed by atoms with Crippen molar-refractivity contribution < 1.29 is 24.2 Å². The molecular formula is C23H25N3O5. The van der Waals surface area contributed by atoms with Gasteiger partial charge < -0.3 is 25.5 Å². The second-order valence-electron chi connectivity index (χ2n) is 7.23. The third-order valence-corrected chi connectivity index (χ3v) is 4.96. The van der Waals surface area contributed by atoms with Crippen LogP contribution in [0.2, 0.25) is 0 Å². The SMILES string of the molecule is COC(=O)[C@H](Cc1c[nH]c2ccccc12)NC(=O)CCNC(=O)c1ccc(C)cc1O. The van der Waals surface area contributed by atoms with Crippen LogP contribution in [-0.2, 0) is 20.7 Å². The van der Waals surface area contributed by atoms with Crippen molar-refractivity contribution in [3.05, 3.63) is 65.4 Å². The number of aromatic hydroxyl groups is 1. The topological polar surface area (TPSA) is 121 Å². The van der Waals surface area contributed by atoms with E-state index in [0.717, 1.165) is 22.0 Å². The second kappa shape index (κ2) is 9.80. The fraction of sp³-hybridized carbons (Fsp3) is 0.261. The summed E-state index contributed by atoms with van der Waals surface area (Å²) >= 11 is 0. The Kier molecular flexibility index (Phi) is 6.92. The summed E-state index contributed by atoms with van der Waals surface area (Å²) in [5.74, 6) is -1.55. The average Bonchev–Trinajstić information content (AvgIpc) is 3.15. The quantitative estimate of drug-likeness (QED) is 0.414. The van der Waals surface area contributed by atoms with Gasteiger partial charge >= 0.3 is 5.97 Å². The molecule has 162 valence electrons. The number of nitrogens with one attached hydrogen (secondary N) is 3. The van der Waals surface area contributed by atoms with Gasteiger partial charge in [-0.05, 0) is 36.2 Å². The molecule has 1 heterocycles. The Morgan fingerprint density at radius 2 is 1.94 bits per heavy atom. The molecule has 2 amide bonds. The molecule has 0 radical (unpaired) electrons. The van der Waals surface area contributed by atoms with Crippen molar-refractivity contribution in [1.29, 1.82) is 0 Å². The first-order chi connectivity index (χ1) is 14.9. The van der Waals surface area contributed by atoms with Crippen molar-refractivity contribution in [3.63, 3.8) is 0 Å². The van der Waals surface area contributed by atoms with E-state index in [1.54, 1.807) is 19.2 Å². The van der Waals surface area contributed by atoms with E-state index in [1.807, 2.05) is 24.3 Å². The number of hydrogen-bond acceptors (Lipinski definition) is 5. The first-order valence-electron chi connectivity index (χ1n) is 9.89. The zero-order valence-electron chi connectivity index (χ0n) is 17.4. The van der Waals surface area contributed by atoms with Crippen molar-refractivity contribution in [2.45, 2.75) is 25.8 Å². The normalized spacial score (nSPS) is 11.7. The van der Waals surface area contributed by atoms with E-state index in [4.69, 9.17) is 4.74 Å². The minimum Gasteiger partial charge on any atom is -0.507 e. The number of hydrogen-bond donors (Lipinski definition) is 4. The van der Waals surface area contributed by atoms with E-state index in [1.165, 1.54) is 19.2 Å². The van der Waals surface area contributed by atoms with Crippen LogP contribution in [0.4, 0.5) is 0 Å². The molecule has 0 aliphatic heterocycles. The van der Waals surface area contributed by atoms with E-state index in [9.17, 15) is 19.5 Å². The van der Waals surface area contributed by atoms with Gasteiger partial charge in [-0.2, -0.15) is 0 Å². The molecule has 0 saturated carbocycles. The maximum atomic E-state index is 12.4. The minimum absolute atomic E-state index is 0.0280. The number of rotatable bonds is 8. The summed E-state index contributed by atoms with van der Waals surface area (Å²) < 4.78 is 4.84. The predicted octanol–water partition coefficient (Wildman–Crippen LogP) is 2.20. The van der Waals surface area contributed by atoms with Crippen LogP contribution in [0.15, 0.2) is 48.7 Å². The molecule has 0 bridgehead atoms. The maximum absolute atomic E-state index is 12.4. The van der Waals surface area contributed by atoms with Gasteiger partial charge in [-0.25, -0.2) is 4.79 Å². The number of methoxy groups -OCH3 is 1. The van der Waals surface area contributed by atoms with Gasteiger partial charge in [-0.1, -0.05) is 24.3 Å². The van der Waals surface area contributed by atoms with Gasteiger partial charge in [0.25, 0.3) is 5.91 Å². The van der Waals surface area contributed by atoms with Crippen LogP contribution in [0.5, 0.6) is 5.75 Å². The summed E-state index contributed by atoms with van der Waals surface area (Å²) in [6, 6.07) is 11.6. The zero-order chi connectivity index (χ0) is 22.4. The Morgan fingerprint density at radius 1 is 1.16 bits per heavy atom. The highest BCUT2D eigenvalue weighted by atomic mass is 16.5. The van der Waals surface area contributed by atoms with Crippen molar-refractivity contribution in [2.24, 2.45) is 0 Å². The standard InChI is InChI=1S/C23H25N3O5/c1-14-7-8-17(20(27)11-14)22(29)24-10-9-21(28)26-19(23(30)31-2)12-15-13-25-18-6-4-3-5-16(15)18/h3-8,11,13,19,25,27H,9-10,12H2,1-2H3,(H,24,29)(H,26,28)/t19-/m0/s1. The van der Waals surface area contributed by atoms with Crippen LogP contribution in [0.3, 0.4) is 0 Å². The van der Waals surface area contributed by atoms with Crippen molar-refractivity contribution in [3.8, 4) is 5.75 Å². The van der Waals surface area contributed by atoms with Crippen molar-refractivity contribution >= 4 is 28.7 Å². The molecule has 8 nitrogen and oxygen atoms in total. The van der Waals surface area contributed by atoms with Gasteiger partial charge in [-0.15, -0.1) is 0 Å². The number of phenolic OH excluding ortho intramolecular Hbond substituents is 1. The number of benzene rings is 2. The second-order valence-corrected chi connectivity index (χ2v) is 7.23. The zero-order valence-corrected chi connectivity index (χ0v) is 17.4. The summed E-state index contributed by atoms with van der Waals surface area (Å²) in [5.41, 5.74) is 2.79. The summed E-state index contributed by atoms with van der Waals surface area (Å²) in [6.45, 7) is 1.86. The summed E-state index contributed by atoms with van der Waals surface area (Å²) in [6.07, 6.45) is 2.05. The number of aromatic nitrogens is 1. The molecule has 1 atom stereocenters. The van der Waals surface area contributed by atoms with Gasteiger partial charge in [-0.3, -0.25) is 9.59 Å². The van der Waals surface area contributed by atoms with Crippen LogP contribution >= 0.6 is 0 Å². The lowest BCUT2D eigenvalue weighted by molar-refractivity contribution is -0.145. The average molecular weight is 423 g/mol. The molecule has 0 spiro atoms. The Bertz CT molecular complexity index is 1110. The highest BCUT2D eigenvalue weighted by Crippen LogP contribution is 2.20. The Hall–Kier alpha value is -3.81. The third-order valence-electron chi connectivity index (χ3n) is 4.96. The first-order valence-corrected chi connectivity index (χ1v) is 9.89. The lowest BCUT2D eigenvalue weighted by atomic mass is 10.0. The van der Waals surface area contributed by atoms with Gasteiger partial charge in [0, 0.05) is 36.5 Å². The highest BCUT2D eigenvalue weighted by molar-refractivity contribution is 5.97. The summed E-state index contributed by atoms with van der Waals surface area (Å²) in [4.78, 5) is 39.9. The van der Waals surface area contributed by atoms with Gasteiger partial charge in [0.15, 0.2) is 0 Å². The molecule has 0 aliphatic rings. The lowest BCUT2D eigenvalue weighted by Gasteiger charge is -2.16. The molecule has 2 aromatic carbocycles. The number of para-hydroxylation sites is 1. The van der Waals surface area contributed by atoms with Gasteiger partial charge in [0.1, 0.15) is 11.8 Å². The molecule has 0 aliphatic carbocycles. The number of fused-ring (bicyclic) bond motifs is 1. The Balaban J connectivity index is 1.57. The molecule has 4 N–H and O–H groups in total. The monoisotopic (exact) mass is 423 g/mol. The molecule has 0 unspecified atom stereocenters. The van der Waals surface area contributed by atoms with Crippen LogP contribution in [0.25, 0.3) is 10.9 Å². The number of carbonyl (C=O) groups is 3. The third kappa shape index (κ3) is 5.42. The highest BCUT2D eigenvalue weighted by Gasteiger charge is 2.23. The fourth-order valence-corrected chi connectivity index (χ4v) is 3.34. The van der Waals surface area contributed by atoms with Crippen molar-refractivity contribution in [2.75, 3.05) is 13.7 Å². The number of aryl methyl sites for hydroxylation is 1. The van der Waals surface area contributed by atoms with E-state index in [-0.39, 0.29) is 30.7 Å². The number of amides is 2. The van der Waals surface area contributed by atoms with E-state index in [2.05, 4.69) is 15.6 Å². The molecule has 3 rings (SSSR count). The number of H-pyrrole nitrogens is 1. The van der Waals surface area contributed by atoms with Crippen LogP contribution < -0.4 is 10.6 Å². The minimum atomic E-state index is -0.853. The predicted molar refractivity (Wildman–Crippen MR) is 116 cm³/mol. The summed E-state index contributed by atoms with van der Waals surface area (Å²) in [7, 11) is 1.27. The van der Waals surface area contributed by atoms with Crippen LogP contribution in [0, 0.1) is 6.92 Å². The number of carbonyl (C=O) groups excluding carboxylic acids is 3. The summed E-state index contributed by atoms with van der Waals surface area (Å²) in [5, 5.41) is 16.1. The van der Waals surface area contributed by atoms with E-state index in [0.29, 0.717) is 0 Å². The van der Waals surface area contributed by atoms with Gasteiger partial charge in [0.2, 0.25) is 5.91 Å². The first kappa shape index (κ1) is 21.9. The van der Waals surface area contributed by atoms with E-state index < -0.39 is 23.8 Å². The molecule has 3 aromatic rings. The molecular weight excluding hydrogens is 398 g/mol. The molecule has 8 heteroatoms. The van der Waals surface area contributed by atoms with Crippen LogP contribution in [-0.4, -0.2) is 47.6 Å². The van der Waals surface area contributed by atoms with E-state index >= 15 is 0 Å². The van der Waals surface area contributed by atoms with Crippen LogP contribution in [0.1, 0.15) is 27.9 Å². The lowest BCUT2D eigenvalue weighted by Crippen LogP contribution is -2.44. The van der Waals surface area contributed by atoms with Gasteiger partial charge in [0.05, 0.1) is 12.7 Å². The smallest absolute Gasteiger partial charge is 0.328 e. The fourth-order valence-electron chi connectivity index (χ4n) is 3.34. The molecule has 0 fully saturated rings. The molecule has 1 aromatic heterocycles.